The lowest BCUT2D eigenvalue weighted by molar-refractivity contribution is 0.185. The number of nitrogens with zero attached hydrogens (tertiary/aromatic N) is 4. The largest absolute Gasteiger partial charge is 0.383 e. The summed E-state index contributed by atoms with van der Waals surface area (Å²) in [6.07, 6.45) is 3.17. The highest BCUT2D eigenvalue weighted by molar-refractivity contribution is 8.13. The molecule has 0 saturated heterocycles. The fraction of sp³-hybridized carbons (Fsp3) is 0.300. The molecule has 2 rings (SSSR count). The number of pyridine rings is 1. The van der Waals surface area contributed by atoms with Crippen LogP contribution in [-0.4, -0.2) is 41.9 Å². The normalized spacial score (nSPS) is 11.7. The smallest absolute Gasteiger partial charge is 0.296 e. The molecule has 2 heterocycles. The van der Waals surface area contributed by atoms with Gasteiger partial charge < -0.3 is 4.74 Å². The molecule has 9 heteroatoms. The number of methoxy groups -OCH3 is 1. The van der Waals surface area contributed by atoms with Crippen molar-refractivity contribution in [1.29, 1.82) is 0 Å². The Morgan fingerprint density at radius 2 is 2.00 bits per heavy atom. The van der Waals surface area contributed by atoms with Crippen molar-refractivity contribution >= 4 is 19.7 Å². The summed E-state index contributed by atoms with van der Waals surface area (Å²) in [5.41, 5.74) is 0.699. The molecule has 0 bridgehead atoms. The van der Waals surface area contributed by atoms with Gasteiger partial charge in [0.1, 0.15) is 0 Å². The Bertz CT molecular complexity index is 657. The minimum absolute atomic E-state index is 0.280. The molecule has 0 aliphatic rings. The topological polar surface area (TPSA) is 87.0 Å². The fourth-order valence-electron chi connectivity index (χ4n) is 1.57. The second kappa shape index (κ2) is 5.64. The van der Waals surface area contributed by atoms with Crippen molar-refractivity contribution in [3.63, 3.8) is 0 Å². The molecule has 2 aromatic rings. The van der Waals surface area contributed by atoms with E-state index >= 15 is 0 Å². The van der Waals surface area contributed by atoms with E-state index in [1.807, 2.05) is 0 Å². The molecular weight excluding hydrogens is 292 g/mol. The quantitative estimate of drug-likeness (QED) is 0.763. The molecule has 0 amide bonds. The summed E-state index contributed by atoms with van der Waals surface area (Å²) in [5, 5.41) is 7.21. The summed E-state index contributed by atoms with van der Waals surface area (Å²) < 4.78 is 29.3. The first kappa shape index (κ1) is 13.9. The third kappa shape index (κ3) is 3.09. The Morgan fingerprint density at radius 3 is 2.58 bits per heavy atom. The predicted octanol–water partition coefficient (Wildman–Crippen LogP) is 0.914. The number of halogens is 1. The molecule has 102 valence electrons. The van der Waals surface area contributed by atoms with E-state index in [2.05, 4.69) is 15.2 Å². The van der Waals surface area contributed by atoms with Crippen LogP contribution in [0.1, 0.15) is 0 Å². The monoisotopic (exact) mass is 302 g/mol. The molecule has 0 saturated carbocycles. The molecule has 0 N–H and O–H groups in total. The van der Waals surface area contributed by atoms with Crippen molar-refractivity contribution in [2.45, 2.75) is 11.7 Å². The van der Waals surface area contributed by atoms with Crippen molar-refractivity contribution < 1.29 is 13.2 Å². The predicted molar refractivity (Wildman–Crippen MR) is 68.2 cm³/mol. The van der Waals surface area contributed by atoms with Crippen molar-refractivity contribution in [3.8, 4) is 11.4 Å². The number of ether oxygens (including phenoxy) is 1. The van der Waals surface area contributed by atoms with Gasteiger partial charge in [0, 0.05) is 35.7 Å². The average Bonchev–Trinajstić information content (AvgIpc) is 2.81. The van der Waals surface area contributed by atoms with Crippen LogP contribution in [0.25, 0.3) is 11.4 Å². The molecule has 2 aromatic heterocycles. The lowest BCUT2D eigenvalue weighted by Crippen LogP contribution is -2.11. The van der Waals surface area contributed by atoms with Gasteiger partial charge in [0.2, 0.25) is 0 Å². The summed E-state index contributed by atoms with van der Waals surface area (Å²) in [6, 6.07) is 3.41. The zero-order chi connectivity index (χ0) is 13.9. The summed E-state index contributed by atoms with van der Waals surface area (Å²) in [5.74, 6) is 0.402. The molecule has 0 aliphatic carbocycles. The minimum Gasteiger partial charge on any atom is -0.383 e. The summed E-state index contributed by atoms with van der Waals surface area (Å²) in [7, 11) is 2.90. The van der Waals surface area contributed by atoms with Crippen LogP contribution in [0.3, 0.4) is 0 Å². The maximum absolute atomic E-state index is 11.5. The van der Waals surface area contributed by atoms with Crippen LogP contribution in [0.2, 0.25) is 0 Å². The van der Waals surface area contributed by atoms with Crippen LogP contribution in [0, 0.1) is 0 Å². The van der Waals surface area contributed by atoms with Crippen LogP contribution < -0.4 is 0 Å². The minimum atomic E-state index is -3.96. The highest BCUT2D eigenvalue weighted by Crippen LogP contribution is 2.21. The van der Waals surface area contributed by atoms with Gasteiger partial charge in [0.25, 0.3) is 14.2 Å². The lowest BCUT2D eigenvalue weighted by Gasteiger charge is -2.07. The first-order chi connectivity index (χ1) is 9.04. The van der Waals surface area contributed by atoms with Crippen molar-refractivity contribution in [3.05, 3.63) is 24.5 Å². The van der Waals surface area contributed by atoms with E-state index in [0.29, 0.717) is 18.0 Å². The highest BCUT2D eigenvalue weighted by atomic mass is 35.7. The lowest BCUT2D eigenvalue weighted by atomic mass is 10.2. The molecule has 0 aliphatic heterocycles. The molecule has 19 heavy (non-hydrogen) atoms. The van der Waals surface area contributed by atoms with Gasteiger partial charge in [-0.15, -0.1) is 10.2 Å². The van der Waals surface area contributed by atoms with Crippen LogP contribution in [0.4, 0.5) is 0 Å². The van der Waals surface area contributed by atoms with Gasteiger partial charge in [0.05, 0.1) is 13.2 Å². The summed E-state index contributed by atoms with van der Waals surface area (Å²) in [4.78, 5) is 3.89. The zero-order valence-electron chi connectivity index (χ0n) is 10.0. The molecule has 0 unspecified atom stereocenters. The number of hydrogen-bond acceptors (Lipinski definition) is 6. The van der Waals surface area contributed by atoms with Gasteiger partial charge in [-0.1, -0.05) is 0 Å². The highest BCUT2D eigenvalue weighted by Gasteiger charge is 2.23. The van der Waals surface area contributed by atoms with Crippen molar-refractivity contribution in [2.75, 3.05) is 13.7 Å². The van der Waals surface area contributed by atoms with Crippen molar-refractivity contribution in [2.24, 2.45) is 0 Å². The van der Waals surface area contributed by atoms with E-state index < -0.39 is 9.05 Å². The Balaban J connectivity index is 2.53. The van der Waals surface area contributed by atoms with Gasteiger partial charge in [-0.05, 0) is 12.1 Å². The van der Waals surface area contributed by atoms with Crippen LogP contribution in [0.5, 0.6) is 0 Å². The maximum Gasteiger partial charge on any atom is 0.296 e. The van der Waals surface area contributed by atoms with E-state index in [-0.39, 0.29) is 11.7 Å². The van der Waals surface area contributed by atoms with Gasteiger partial charge in [-0.2, -0.15) is 0 Å². The third-order valence-electron chi connectivity index (χ3n) is 2.39. The number of aromatic nitrogens is 4. The van der Waals surface area contributed by atoms with Crippen molar-refractivity contribution in [1.82, 2.24) is 19.7 Å². The van der Waals surface area contributed by atoms with Gasteiger partial charge in [-0.3, -0.25) is 9.55 Å². The molecule has 7 nitrogen and oxygen atoms in total. The van der Waals surface area contributed by atoms with E-state index in [1.165, 1.54) is 11.7 Å². The van der Waals surface area contributed by atoms with Crippen LogP contribution in [0.15, 0.2) is 29.7 Å². The Labute approximate surface area is 114 Å². The number of rotatable bonds is 5. The molecule has 0 atom stereocenters. The van der Waals surface area contributed by atoms with Gasteiger partial charge in [-0.25, -0.2) is 8.42 Å². The van der Waals surface area contributed by atoms with Gasteiger partial charge in [0.15, 0.2) is 5.82 Å². The van der Waals surface area contributed by atoms with E-state index in [0.717, 1.165) is 0 Å². The van der Waals surface area contributed by atoms with Crippen LogP contribution in [-0.2, 0) is 20.3 Å². The van der Waals surface area contributed by atoms with Crippen LogP contribution >= 0.6 is 10.7 Å². The molecular formula is C10H11ClN4O3S. The first-order valence-corrected chi connectivity index (χ1v) is 7.62. The SMILES string of the molecule is COCCn1c(-c2ccncc2)nnc1S(=O)(=O)Cl. The van der Waals surface area contributed by atoms with E-state index in [9.17, 15) is 8.42 Å². The second-order valence-corrected chi connectivity index (χ2v) is 6.08. The Kier molecular flexibility index (Phi) is 4.13. The first-order valence-electron chi connectivity index (χ1n) is 5.31. The number of hydrogen-bond donors (Lipinski definition) is 0. The van der Waals surface area contributed by atoms with E-state index in [4.69, 9.17) is 15.4 Å². The van der Waals surface area contributed by atoms with Gasteiger partial charge >= 0.3 is 0 Å². The maximum atomic E-state index is 11.5. The molecule has 0 fully saturated rings. The molecule has 0 aromatic carbocycles. The standard InChI is InChI=1S/C10H11ClN4O3S/c1-18-7-6-15-9(8-2-4-12-5-3-8)13-14-10(15)19(11,16)17/h2-5H,6-7H2,1H3. The summed E-state index contributed by atoms with van der Waals surface area (Å²) in [6.45, 7) is 0.595. The Hall–Kier alpha value is -1.51. The average molecular weight is 303 g/mol. The Morgan fingerprint density at radius 1 is 1.32 bits per heavy atom. The van der Waals surface area contributed by atoms with E-state index in [1.54, 1.807) is 24.5 Å². The second-order valence-electron chi connectivity index (χ2n) is 3.62. The molecule has 0 radical (unpaired) electrons. The molecule has 0 spiro atoms. The summed E-state index contributed by atoms with van der Waals surface area (Å²) >= 11 is 0. The third-order valence-corrected chi connectivity index (χ3v) is 3.54. The fourth-order valence-corrected chi connectivity index (χ4v) is 2.49. The zero-order valence-corrected chi connectivity index (χ0v) is 11.6.